The van der Waals surface area contributed by atoms with Crippen LogP contribution in [0.3, 0.4) is 0 Å². The van der Waals surface area contributed by atoms with Gasteiger partial charge in [-0.1, -0.05) is 43.1 Å². The topological polar surface area (TPSA) is 119 Å². The molecule has 1 aliphatic heterocycles. The maximum atomic E-state index is 14.0. The lowest BCUT2D eigenvalue weighted by atomic mass is 9.55. The molecular formula is C45H64N2O8. The molecule has 302 valence electrons. The molecular weight excluding hydrogens is 697 g/mol. The zero-order valence-corrected chi connectivity index (χ0v) is 34.1. The number of unbranched alkanes of at least 4 members (excludes halogenated alkanes) is 2. The number of carbonyl (C=O) groups is 1. The fraction of sp³-hybridized carbons (Fsp3) is 0.600. The van der Waals surface area contributed by atoms with Crippen molar-refractivity contribution in [1.82, 2.24) is 4.90 Å². The average molecular weight is 761 g/mol. The highest BCUT2D eigenvalue weighted by molar-refractivity contribution is 6.03. The van der Waals surface area contributed by atoms with E-state index in [1.54, 1.807) is 11.0 Å². The number of carbonyl (C=O) groups excluding carboxylic acids is 1. The second-order valence-corrected chi connectivity index (χ2v) is 16.2. The van der Waals surface area contributed by atoms with Crippen LogP contribution in [0, 0.1) is 31.6 Å². The molecule has 2 aromatic rings. The third-order valence-electron chi connectivity index (χ3n) is 11.1. The molecule has 3 aliphatic rings. The van der Waals surface area contributed by atoms with Gasteiger partial charge in [-0.3, -0.25) is 4.90 Å². The van der Waals surface area contributed by atoms with Crippen molar-refractivity contribution in [3.05, 3.63) is 77.4 Å². The van der Waals surface area contributed by atoms with E-state index in [1.165, 1.54) is 5.56 Å². The predicted octanol–water partition coefficient (Wildman–Crippen LogP) is 9.40. The molecule has 1 heterocycles. The van der Waals surface area contributed by atoms with Crippen molar-refractivity contribution in [2.45, 2.75) is 123 Å². The number of oxime groups is 1. The van der Waals surface area contributed by atoms with E-state index in [4.69, 9.17) is 28.9 Å². The fourth-order valence-corrected chi connectivity index (χ4v) is 8.64. The maximum Gasteiger partial charge on any atom is 0.410 e. The Kier molecular flexibility index (Phi) is 14.5. The zero-order chi connectivity index (χ0) is 39.8. The first kappa shape index (κ1) is 42.3. The molecule has 6 atom stereocenters. The summed E-state index contributed by atoms with van der Waals surface area (Å²) in [6.07, 6.45) is 9.47. The van der Waals surface area contributed by atoms with Gasteiger partial charge in [0.15, 0.2) is 0 Å². The van der Waals surface area contributed by atoms with Crippen LogP contribution in [0.2, 0.25) is 0 Å². The van der Waals surface area contributed by atoms with E-state index in [2.05, 4.69) is 44.7 Å². The summed E-state index contributed by atoms with van der Waals surface area (Å²) >= 11 is 0. The van der Waals surface area contributed by atoms with Crippen LogP contribution in [0.5, 0.6) is 17.2 Å². The summed E-state index contributed by atoms with van der Waals surface area (Å²) in [5.74, 6) is 0.480. The lowest BCUT2D eigenvalue weighted by Gasteiger charge is -2.60. The SMILES string of the molecule is C=CCOC12Oc3ccc(Oc4ccc(C)c(C)c4)cc3C3C(CCCCO)C(CCCCO)C=C(C(=NOC(C)(C)C)CC1N(CCC)C(=O)OCC)C32. The molecule has 1 amide bonds. The second kappa shape index (κ2) is 18.9. The standard InChI is InChI=1S/C45H64N2O8/c1-9-22-47(43(50)51-11-3)40-29-38(46-55-44(6,7)8)36-27-32(16-12-14-23-48)35(17-13-15-24-49)41-37-28-34(53-33-19-18-30(4)31(5)26-33)20-21-39(37)54-45(40,42(36)41)52-25-10-2/h10,18-21,26-28,32,35,40-42,48-49H,2,9,11-17,22-25,29H2,1,3-8H3. The highest BCUT2D eigenvalue weighted by Gasteiger charge is 2.65. The van der Waals surface area contributed by atoms with E-state index in [0.717, 1.165) is 53.8 Å². The Balaban J connectivity index is 1.79. The van der Waals surface area contributed by atoms with Gasteiger partial charge >= 0.3 is 6.09 Å². The van der Waals surface area contributed by atoms with E-state index in [0.29, 0.717) is 43.7 Å². The number of benzene rings is 2. The monoisotopic (exact) mass is 760 g/mol. The maximum absolute atomic E-state index is 14.0. The van der Waals surface area contributed by atoms with E-state index >= 15 is 0 Å². The lowest BCUT2D eigenvalue weighted by molar-refractivity contribution is -0.255. The van der Waals surface area contributed by atoms with Crippen LogP contribution >= 0.6 is 0 Å². The molecule has 2 aliphatic carbocycles. The number of ether oxygens (including phenoxy) is 4. The zero-order valence-electron chi connectivity index (χ0n) is 34.1. The Morgan fingerprint density at radius 2 is 1.73 bits per heavy atom. The van der Waals surface area contributed by atoms with Crippen LogP contribution in [0.15, 0.2) is 65.9 Å². The van der Waals surface area contributed by atoms with Crippen molar-refractivity contribution in [2.24, 2.45) is 22.9 Å². The molecule has 1 fully saturated rings. The second-order valence-electron chi connectivity index (χ2n) is 16.2. The average Bonchev–Trinajstić information content (AvgIpc) is 3.15. The van der Waals surface area contributed by atoms with Gasteiger partial charge in [0, 0.05) is 37.7 Å². The Morgan fingerprint density at radius 1 is 1.02 bits per heavy atom. The number of allylic oxidation sites excluding steroid dienone is 1. The molecule has 5 rings (SSSR count). The summed E-state index contributed by atoms with van der Waals surface area (Å²) in [6, 6.07) is 11.5. The molecule has 0 radical (unpaired) electrons. The van der Waals surface area contributed by atoms with E-state index < -0.39 is 29.4 Å². The van der Waals surface area contributed by atoms with Gasteiger partial charge in [-0.15, -0.1) is 6.58 Å². The Morgan fingerprint density at radius 3 is 2.38 bits per heavy atom. The summed E-state index contributed by atoms with van der Waals surface area (Å²) in [6.45, 7) is 19.1. The summed E-state index contributed by atoms with van der Waals surface area (Å²) in [5, 5.41) is 24.6. The lowest BCUT2D eigenvalue weighted by Crippen LogP contribution is -2.70. The first-order valence-corrected chi connectivity index (χ1v) is 20.4. The summed E-state index contributed by atoms with van der Waals surface area (Å²) in [5.41, 5.74) is 4.54. The number of aliphatic hydroxyl groups is 2. The molecule has 2 aromatic carbocycles. The number of nitrogens with zero attached hydrogens (tertiary/aromatic N) is 2. The third kappa shape index (κ3) is 9.58. The van der Waals surface area contributed by atoms with Crippen molar-refractivity contribution < 1.29 is 38.8 Å². The van der Waals surface area contributed by atoms with Gasteiger partial charge in [-0.25, -0.2) is 4.79 Å². The Hall–Kier alpha value is -3.86. The number of fused-ring (bicyclic) bond motifs is 2. The number of aryl methyl sites for hydroxylation is 2. The van der Waals surface area contributed by atoms with E-state index in [9.17, 15) is 15.0 Å². The Labute approximate surface area is 328 Å². The normalized spacial score (nSPS) is 24.9. The largest absolute Gasteiger partial charge is 0.459 e. The third-order valence-corrected chi connectivity index (χ3v) is 11.1. The van der Waals surface area contributed by atoms with Crippen molar-refractivity contribution >= 4 is 11.8 Å². The molecule has 0 saturated heterocycles. The van der Waals surface area contributed by atoms with Crippen LogP contribution in [-0.4, -0.2) is 77.3 Å². The van der Waals surface area contributed by atoms with Gasteiger partial charge in [-0.05, 0) is 133 Å². The number of hydrogen-bond donors (Lipinski definition) is 2. The quantitative estimate of drug-likeness (QED) is 0.0877. The molecule has 1 saturated carbocycles. The minimum Gasteiger partial charge on any atom is -0.459 e. The molecule has 6 unspecified atom stereocenters. The van der Waals surface area contributed by atoms with Crippen molar-refractivity contribution in [2.75, 3.05) is 33.0 Å². The molecule has 0 bridgehead atoms. The smallest absolute Gasteiger partial charge is 0.410 e. The summed E-state index contributed by atoms with van der Waals surface area (Å²) in [7, 11) is 0. The van der Waals surface area contributed by atoms with Gasteiger partial charge in [0.1, 0.15) is 28.9 Å². The van der Waals surface area contributed by atoms with Crippen LogP contribution < -0.4 is 9.47 Å². The van der Waals surface area contributed by atoms with Crippen LogP contribution in [0.1, 0.15) is 109 Å². The molecule has 55 heavy (non-hydrogen) atoms. The van der Waals surface area contributed by atoms with Crippen LogP contribution in [-0.2, 0) is 14.3 Å². The highest BCUT2D eigenvalue weighted by atomic mass is 16.7. The highest BCUT2D eigenvalue weighted by Crippen LogP contribution is 2.62. The van der Waals surface area contributed by atoms with E-state index in [-0.39, 0.29) is 44.2 Å². The molecule has 0 spiro atoms. The van der Waals surface area contributed by atoms with Crippen molar-refractivity contribution in [1.29, 1.82) is 0 Å². The number of hydrogen-bond acceptors (Lipinski definition) is 9. The Bertz CT molecular complexity index is 1680. The first-order chi connectivity index (χ1) is 26.4. The minimum atomic E-state index is -1.33. The number of amides is 1. The van der Waals surface area contributed by atoms with Crippen molar-refractivity contribution in [3.8, 4) is 17.2 Å². The predicted molar refractivity (Wildman–Crippen MR) is 216 cm³/mol. The van der Waals surface area contributed by atoms with Crippen LogP contribution in [0.4, 0.5) is 4.79 Å². The summed E-state index contributed by atoms with van der Waals surface area (Å²) in [4.78, 5) is 21.9. The molecule has 10 heteroatoms. The van der Waals surface area contributed by atoms with Crippen LogP contribution in [0.25, 0.3) is 0 Å². The fourth-order valence-electron chi connectivity index (χ4n) is 8.64. The summed E-state index contributed by atoms with van der Waals surface area (Å²) < 4.78 is 26.5. The van der Waals surface area contributed by atoms with Crippen molar-refractivity contribution in [3.63, 3.8) is 0 Å². The molecule has 2 N–H and O–H groups in total. The molecule has 0 aromatic heterocycles. The van der Waals surface area contributed by atoms with Gasteiger partial charge in [0.05, 0.1) is 24.8 Å². The first-order valence-electron chi connectivity index (χ1n) is 20.4. The van der Waals surface area contributed by atoms with Gasteiger partial charge in [0.25, 0.3) is 0 Å². The minimum absolute atomic E-state index is 0.107. The van der Waals surface area contributed by atoms with Gasteiger partial charge in [-0.2, -0.15) is 0 Å². The van der Waals surface area contributed by atoms with E-state index in [1.807, 2.05) is 52.8 Å². The number of rotatable bonds is 18. The molecule has 10 nitrogen and oxygen atoms in total. The number of aliphatic hydroxyl groups excluding tert-OH is 2. The van der Waals surface area contributed by atoms with Gasteiger partial charge in [0.2, 0.25) is 5.79 Å². The van der Waals surface area contributed by atoms with Gasteiger partial charge < -0.3 is 34.0 Å².